The van der Waals surface area contributed by atoms with Gasteiger partial charge in [-0.25, -0.2) is 0 Å². The van der Waals surface area contributed by atoms with Crippen molar-refractivity contribution in [3.63, 3.8) is 0 Å². The zero-order valence-corrected chi connectivity index (χ0v) is 26.6. The molecule has 0 bridgehead atoms. The molecule has 42 heavy (non-hydrogen) atoms. The van der Waals surface area contributed by atoms with E-state index in [2.05, 4.69) is 35.4 Å². The molecule has 2 aliphatic heterocycles. The lowest BCUT2D eigenvalue weighted by atomic mass is 9.97. The van der Waals surface area contributed by atoms with Gasteiger partial charge in [-0.3, -0.25) is 9.65 Å². The van der Waals surface area contributed by atoms with Crippen LogP contribution in [-0.2, 0) is 25.4 Å². The van der Waals surface area contributed by atoms with E-state index in [0.29, 0.717) is 36.5 Å². The number of ether oxygens (including phenoxy) is 1. The van der Waals surface area contributed by atoms with E-state index in [4.69, 9.17) is 25.6 Å². The van der Waals surface area contributed by atoms with Gasteiger partial charge in [0.1, 0.15) is 16.8 Å². The first-order valence-electron chi connectivity index (χ1n) is 14.1. The number of hydrogen-bond acceptors (Lipinski definition) is 5. The van der Waals surface area contributed by atoms with E-state index in [-0.39, 0.29) is 11.5 Å². The van der Waals surface area contributed by atoms with Gasteiger partial charge < -0.3 is 13.8 Å². The molecule has 4 aromatic carbocycles. The summed E-state index contributed by atoms with van der Waals surface area (Å²) < 4.78 is 33.3. The number of rotatable bonds is 6. The summed E-state index contributed by atoms with van der Waals surface area (Å²) in [6.07, 6.45) is -2.05. The van der Waals surface area contributed by atoms with Crippen molar-refractivity contribution in [2.75, 3.05) is 13.2 Å². The third kappa shape index (κ3) is 5.85. The molecule has 0 radical (unpaired) electrons. The summed E-state index contributed by atoms with van der Waals surface area (Å²) in [5.74, 6) is 1.27. The Morgan fingerprint density at radius 2 is 1.38 bits per heavy atom. The molecule has 0 amide bonds. The van der Waals surface area contributed by atoms with Gasteiger partial charge in [0, 0.05) is 34.1 Å². The van der Waals surface area contributed by atoms with Crippen LogP contribution in [-0.4, -0.2) is 13.2 Å². The Kier molecular flexibility index (Phi) is 8.15. The van der Waals surface area contributed by atoms with Crippen molar-refractivity contribution >= 4 is 41.5 Å². The zero-order valence-electron chi connectivity index (χ0n) is 24.0. The highest BCUT2D eigenvalue weighted by Gasteiger charge is 2.44. The molecule has 0 aromatic heterocycles. The Morgan fingerprint density at radius 3 is 1.98 bits per heavy atom. The third-order valence-electron chi connectivity index (χ3n) is 7.61. The molecule has 8 heteroatoms. The molecule has 4 aromatic rings. The second-order valence-corrected chi connectivity index (χ2v) is 17.8. The highest BCUT2D eigenvalue weighted by molar-refractivity contribution is 8.20. The molecule has 216 valence electrons. The van der Waals surface area contributed by atoms with Crippen LogP contribution in [0.15, 0.2) is 115 Å². The number of nitrogens with one attached hydrogen (secondary N) is 1. The van der Waals surface area contributed by atoms with Crippen molar-refractivity contribution in [1.29, 1.82) is 0 Å². The maximum absolute atomic E-state index is 14.5. The fourth-order valence-corrected chi connectivity index (χ4v) is 11.1. The van der Waals surface area contributed by atoms with E-state index in [1.807, 2.05) is 99.6 Å². The highest BCUT2D eigenvalue weighted by atomic mass is 32.4. The van der Waals surface area contributed by atoms with Crippen molar-refractivity contribution in [3.8, 4) is 5.75 Å². The number of benzene rings is 4. The summed E-state index contributed by atoms with van der Waals surface area (Å²) in [5.41, 5.74) is 2.64. The van der Waals surface area contributed by atoms with Crippen molar-refractivity contribution in [3.05, 3.63) is 132 Å². The van der Waals surface area contributed by atoms with Crippen LogP contribution in [0, 0.1) is 12.3 Å². The van der Waals surface area contributed by atoms with Crippen LogP contribution in [0.2, 0.25) is 0 Å². The summed E-state index contributed by atoms with van der Waals surface area (Å²) >= 11 is 6.57. The van der Waals surface area contributed by atoms with Crippen LogP contribution in [0.3, 0.4) is 0 Å². The highest BCUT2D eigenvalue weighted by Crippen LogP contribution is 2.66. The maximum atomic E-state index is 14.5. The number of fused-ring (bicyclic) bond motifs is 1. The number of hydrogen-bond donors (Lipinski definition) is 1. The minimum atomic E-state index is -3.70. The summed E-state index contributed by atoms with van der Waals surface area (Å²) in [6, 6.07) is 36.3. The Hall–Kier alpha value is -2.82. The SMILES string of the molecule is Cc1ccc(/C(=C2\CC(NP(=S)(c3ccccc3)c3ccccc3)c3ccccc3O2)P2(=O)OCC(C)(C)CO2)cc1. The standard InChI is InChI=1S/C34H35NO4P2S/c1-25-18-20-26(21-19-25)33(41(36)37-23-34(2,3)24-38-41)32-22-30(29-16-10-11-17-31(29)39-32)35-40(42,27-12-6-4-7-13-27)28-14-8-5-9-15-28/h4-21,30H,22-24H2,1-3H3,(H,35,42)/b33-32-. The van der Waals surface area contributed by atoms with Crippen LogP contribution >= 0.6 is 13.8 Å². The van der Waals surface area contributed by atoms with Gasteiger partial charge in [0.15, 0.2) is 0 Å². The van der Waals surface area contributed by atoms with Crippen molar-refractivity contribution < 1.29 is 18.3 Å². The molecule has 1 fully saturated rings. The molecule has 0 spiro atoms. The van der Waals surface area contributed by atoms with E-state index in [1.165, 1.54) is 0 Å². The predicted molar refractivity (Wildman–Crippen MR) is 175 cm³/mol. The second-order valence-electron chi connectivity index (χ2n) is 11.7. The molecule has 1 unspecified atom stereocenters. The molecule has 0 aliphatic carbocycles. The van der Waals surface area contributed by atoms with Gasteiger partial charge in [-0.05, 0) is 18.6 Å². The van der Waals surface area contributed by atoms with E-state index in [1.54, 1.807) is 0 Å². The molecule has 0 saturated carbocycles. The molecule has 1 N–H and O–H groups in total. The fraction of sp³-hybridized carbons (Fsp3) is 0.235. The van der Waals surface area contributed by atoms with E-state index in [9.17, 15) is 4.57 Å². The summed E-state index contributed by atoms with van der Waals surface area (Å²) in [7, 11) is -3.70. The predicted octanol–water partition coefficient (Wildman–Crippen LogP) is 8.09. The normalized spacial score (nSPS) is 20.7. The average Bonchev–Trinajstić information content (AvgIpc) is 3.01. The van der Waals surface area contributed by atoms with Crippen molar-refractivity contribution in [2.24, 2.45) is 5.41 Å². The number of aryl methyl sites for hydroxylation is 1. The lowest BCUT2D eigenvalue weighted by Crippen LogP contribution is -2.33. The molecule has 1 atom stereocenters. The first-order valence-corrected chi connectivity index (χ1v) is 18.5. The quantitative estimate of drug-likeness (QED) is 0.221. The van der Waals surface area contributed by atoms with E-state index in [0.717, 1.165) is 27.3 Å². The Bertz CT molecular complexity index is 1650. The molecule has 5 nitrogen and oxygen atoms in total. The molecule has 1 saturated heterocycles. The third-order valence-corrected chi connectivity index (χ3v) is 13.9. The van der Waals surface area contributed by atoms with Gasteiger partial charge in [-0.1, -0.05) is 134 Å². The molecule has 2 aliphatic rings. The van der Waals surface area contributed by atoms with Crippen molar-refractivity contribution in [2.45, 2.75) is 33.2 Å². The molecular weight excluding hydrogens is 580 g/mol. The fourth-order valence-electron chi connectivity index (χ4n) is 5.30. The van der Waals surface area contributed by atoms with Crippen LogP contribution < -0.4 is 20.4 Å². The Morgan fingerprint density at radius 1 is 0.833 bits per heavy atom. The van der Waals surface area contributed by atoms with E-state index < -0.39 is 13.8 Å². The zero-order chi connectivity index (χ0) is 29.4. The monoisotopic (exact) mass is 615 g/mol. The topological polar surface area (TPSA) is 56.8 Å². The van der Waals surface area contributed by atoms with Gasteiger partial charge in [-0.2, -0.15) is 0 Å². The molecular formula is C34H35NO4P2S. The maximum Gasteiger partial charge on any atom is 0.365 e. The van der Waals surface area contributed by atoms with Crippen molar-refractivity contribution in [1.82, 2.24) is 5.09 Å². The number of para-hydroxylation sites is 1. The Labute approximate surface area is 253 Å². The minimum Gasteiger partial charge on any atom is -0.460 e. The first kappa shape index (κ1) is 29.3. The van der Waals surface area contributed by atoms with Gasteiger partial charge in [0.2, 0.25) is 0 Å². The largest absolute Gasteiger partial charge is 0.460 e. The van der Waals surface area contributed by atoms with Crippen LogP contribution in [0.5, 0.6) is 5.75 Å². The van der Waals surface area contributed by atoms with Crippen LogP contribution in [0.4, 0.5) is 0 Å². The Balaban J connectivity index is 1.50. The van der Waals surface area contributed by atoms with Crippen LogP contribution in [0.1, 0.15) is 43.0 Å². The average molecular weight is 616 g/mol. The van der Waals surface area contributed by atoms with Gasteiger partial charge >= 0.3 is 7.60 Å². The van der Waals surface area contributed by atoms with Crippen LogP contribution in [0.25, 0.3) is 5.31 Å². The van der Waals surface area contributed by atoms with Gasteiger partial charge in [0.25, 0.3) is 0 Å². The molecule has 6 rings (SSSR count). The first-order chi connectivity index (χ1) is 20.2. The lowest BCUT2D eigenvalue weighted by molar-refractivity contribution is 0.0465. The summed E-state index contributed by atoms with van der Waals surface area (Å²) in [4.78, 5) is 0. The smallest absolute Gasteiger partial charge is 0.365 e. The lowest BCUT2D eigenvalue weighted by Gasteiger charge is -2.38. The summed E-state index contributed by atoms with van der Waals surface area (Å²) in [6.45, 7) is 6.77. The molecule has 2 heterocycles. The summed E-state index contributed by atoms with van der Waals surface area (Å²) in [5, 5.41) is 6.57. The van der Waals surface area contributed by atoms with Gasteiger partial charge in [0.05, 0.1) is 19.4 Å². The van der Waals surface area contributed by atoms with E-state index >= 15 is 0 Å². The second kappa shape index (κ2) is 11.7. The minimum absolute atomic E-state index is 0.204. The van der Waals surface area contributed by atoms with Gasteiger partial charge in [-0.15, -0.1) is 0 Å².